The molecular formula is C20H23NO3. The molecule has 0 heterocycles. The molecule has 0 fully saturated rings. The standard InChI is InChI=1S/C20H23NO3/c1-14(16-8-4-3-5-9-16)15(2)21-19(22)13-12-17-10-6-7-11-18(17)20(23)24/h3-11,14-15H,12-13H2,1-2H3,(H,21,22)(H,23,24). The first-order chi connectivity index (χ1) is 11.5. The van der Waals surface area contributed by atoms with Crippen molar-refractivity contribution in [1.82, 2.24) is 5.32 Å². The minimum absolute atomic E-state index is 0.00891. The largest absolute Gasteiger partial charge is 0.478 e. The second-order valence-electron chi connectivity index (χ2n) is 6.02. The smallest absolute Gasteiger partial charge is 0.335 e. The molecule has 2 N–H and O–H groups in total. The molecule has 2 aromatic carbocycles. The lowest BCUT2D eigenvalue weighted by Gasteiger charge is -2.22. The van der Waals surface area contributed by atoms with Crippen LogP contribution in [0.15, 0.2) is 54.6 Å². The quantitative estimate of drug-likeness (QED) is 0.817. The minimum atomic E-state index is -0.961. The molecule has 2 rings (SSSR count). The Labute approximate surface area is 142 Å². The fourth-order valence-electron chi connectivity index (χ4n) is 2.69. The van der Waals surface area contributed by atoms with Crippen LogP contribution in [0.5, 0.6) is 0 Å². The van der Waals surface area contributed by atoms with E-state index in [0.29, 0.717) is 12.0 Å². The van der Waals surface area contributed by atoms with Gasteiger partial charge in [0, 0.05) is 18.4 Å². The van der Waals surface area contributed by atoms with Gasteiger partial charge < -0.3 is 10.4 Å². The molecule has 1 amide bonds. The number of carboxylic acids is 1. The average Bonchev–Trinajstić information content (AvgIpc) is 2.60. The summed E-state index contributed by atoms with van der Waals surface area (Å²) in [5, 5.41) is 12.2. The third-order valence-electron chi connectivity index (χ3n) is 4.33. The Morgan fingerprint density at radius 1 is 1.00 bits per heavy atom. The molecule has 0 aliphatic carbocycles. The molecule has 2 aromatic rings. The van der Waals surface area contributed by atoms with Crippen LogP contribution in [-0.4, -0.2) is 23.0 Å². The van der Waals surface area contributed by atoms with Gasteiger partial charge in [0.25, 0.3) is 0 Å². The van der Waals surface area contributed by atoms with Gasteiger partial charge in [-0.15, -0.1) is 0 Å². The molecule has 0 aromatic heterocycles. The SMILES string of the molecule is CC(NC(=O)CCc1ccccc1C(=O)O)C(C)c1ccccc1. The van der Waals surface area contributed by atoms with Crippen molar-refractivity contribution in [2.75, 3.05) is 0 Å². The van der Waals surface area contributed by atoms with Gasteiger partial charge in [0.1, 0.15) is 0 Å². The number of hydrogen-bond donors (Lipinski definition) is 2. The number of carbonyl (C=O) groups is 2. The van der Waals surface area contributed by atoms with E-state index in [4.69, 9.17) is 0 Å². The molecule has 0 saturated carbocycles. The van der Waals surface area contributed by atoms with Crippen LogP contribution in [0.25, 0.3) is 0 Å². The molecular weight excluding hydrogens is 302 g/mol. The lowest BCUT2D eigenvalue weighted by molar-refractivity contribution is -0.121. The van der Waals surface area contributed by atoms with E-state index in [0.717, 1.165) is 0 Å². The van der Waals surface area contributed by atoms with Crippen molar-refractivity contribution in [2.24, 2.45) is 0 Å². The fraction of sp³-hybridized carbons (Fsp3) is 0.300. The molecule has 0 aliphatic heterocycles. The number of carbonyl (C=O) groups excluding carboxylic acids is 1. The summed E-state index contributed by atoms with van der Waals surface area (Å²) in [6.07, 6.45) is 0.691. The van der Waals surface area contributed by atoms with Gasteiger partial charge in [0.15, 0.2) is 0 Å². The highest BCUT2D eigenvalue weighted by Crippen LogP contribution is 2.19. The number of benzene rings is 2. The van der Waals surface area contributed by atoms with Gasteiger partial charge in [-0.2, -0.15) is 0 Å². The van der Waals surface area contributed by atoms with Crippen LogP contribution < -0.4 is 5.32 Å². The van der Waals surface area contributed by atoms with Gasteiger partial charge in [0.05, 0.1) is 5.56 Å². The zero-order valence-corrected chi connectivity index (χ0v) is 14.0. The Morgan fingerprint density at radius 3 is 2.29 bits per heavy atom. The molecule has 2 atom stereocenters. The van der Waals surface area contributed by atoms with Crippen molar-refractivity contribution in [3.8, 4) is 0 Å². The number of amides is 1. The summed E-state index contributed by atoms with van der Waals surface area (Å²) in [5.41, 5.74) is 2.13. The summed E-state index contributed by atoms with van der Waals surface area (Å²) in [6, 6.07) is 16.9. The Hall–Kier alpha value is -2.62. The molecule has 24 heavy (non-hydrogen) atoms. The first kappa shape index (κ1) is 17.7. The first-order valence-electron chi connectivity index (χ1n) is 8.14. The maximum atomic E-state index is 12.2. The predicted octanol–water partition coefficient (Wildman–Crippen LogP) is 3.63. The topological polar surface area (TPSA) is 66.4 Å². The highest BCUT2D eigenvalue weighted by atomic mass is 16.4. The molecule has 0 bridgehead atoms. The van der Waals surface area contributed by atoms with Gasteiger partial charge >= 0.3 is 5.97 Å². The zero-order valence-electron chi connectivity index (χ0n) is 14.0. The monoisotopic (exact) mass is 325 g/mol. The Kier molecular flexibility index (Phi) is 6.13. The number of rotatable bonds is 7. The first-order valence-corrected chi connectivity index (χ1v) is 8.14. The molecule has 0 saturated heterocycles. The van der Waals surface area contributed by atoms with Crippen molar-refractivity contribution < 1.29 is 14.7 Å². The van der Waals surface area contributed by atoms with E-state index < -0.39 is 5.97 Å². The van der Waals surface area contributed by atoms with Crippen LogP contribution in [0.4, 0.5) is 0 Å². The predicted molar refractivity (Wildman–Crippen MR) is 94.2 cm³/mol. The Morgan fingerprint density at radius 2 is 1.62 bits per heavy atom. The van der Waals surface area contributed by atoms with E-state index >= 15 is 0 Å². The number of carboxylic acid groups (broad SMARTS) is 1. The van der Waals surface area contributed by atoms with Crippen molar-refractivity contribution in [2.45, 2.75) is 38.6 Å². The van der Waals surface area contributed by atoms with Crippen molar-refractivity contribution in [3.05, 3.63) is 71.3 Å². The summed E-state index contributed by atoms with van der Waals surface area (Å²) in [4.78, 5) is 23.4. The van der Waals surface area contributed by atoms with E-state index in [9.17, 15) is 14.7 Å². The van der Waals surface area contributed by atoms with E-state index in [1.807, 2.05) is 25.1 Å². The van der Waals surface area contributed by atoms with Gasteiger partial charge in [-0.25, -0.2) is 4.79 Å². The number of hydrogen-bond acceptors (Lipinski definition) is 2. The number of nitrogens with one attached hydrogen (secondary N) is 1. The van der Waals surface area contributed by atoms with Crippen LogP contribution in [0, 0.1) is 0 Å². The third kappa shape index (κ3) is 4.69. The molecule has 0 aliphatic rings. The lowest BCUT2D eigenvalue weighted by Crippen LogP contribution is -2.36. The summed E-state index contributed by atoms with van der Waals surface area (Å²) in [5.74, 6) is -0.816. The lowest BCUT2D eigenvalue weighted by atomic mass is 9.94. The fourth-order valence-corrected chi connectivity index (χ4v) is 2.69. The van der Waals surface area contributed by atoms with E-state index in [-0.39, 0.29) is 29.9 Å². The highest BCUT2D eigenvalue weighted by molar-refractivity contribution is 5.89. The molecule has 2 unspecified atom stereocenters. The summed E-state index contributed by atoms with van der Waals surface area (Å²) >= 11 is 0. The van der Waals surface area contributed by atoms with Crippen molar-refractivity contribution in [3.63, 3.8) is 0 Å². The van der Waals surface area contributed by atoms with Crippen molar-refractivity contribution >= 4 is 11.9 Å². The normalized spacial score (nSPS) is 13.1. The molecule has 0 radical (unpaired) electrons. The maximum Gasteiger partial charge on any atom is 0.335 e. The Balaban J connectivity index is 1.91. The second-order valence-corrected chi connectivity index (χ2v) is 6.02. The van der Waals surface area contributed by atoms with Crippen molar-refractivity contribution in [1.29, 1.82) is 0 Å². The maximum absolute atomic E-state index is 12.2. The minimum Gasteiger partial charge on any atom is -0.478 e. The van der Waals surface area contributed by atoms with E-state index in [1.165, 1.54) is 5.56 Å². The van der Waals surface area contributed by atoms with Crippen LogP contribution in [-0.2, 0) is 11.2 Å². The number of aryl methyl sites for hydroxylation is 1. The summed E-state index contributed by atoms with van der Waals surface area (Å²) < 4.78 is 0. The second kappa shape index (κ2) is 8.29. The van der Waals surface area contributed by atoms with Gasteiger partial charge in [-0.05, 0) is 30.5 Å². The van der Waals surface area contributed by atoms with E-state index in [2.05, 4.69) is 24.4 Å². The zero-order chi connectivity index (χ0) is 17.5. The molecule has 126 valence electrons. The highest BCUT2D eigenvalue weighted by Gasteiger charge is 2.17. The Bertz CT molecular complexity index is 697. The van der Waals surface area contributed by atoms with Gasteiger partial charge in [-0.3, -0.25) is 4.79 Å². The average molecular weight is 325 g/mol. The third-order valence-corrected chi connectivity index (χ3v) is 4.33. The summed E-state index contributed by atoms with van der Waals surface area (Å²) in [7, 11) is 0. The van der Waals surface area contributed by atoms with E-state index in [1.54, 1.807) is 24.3 Å². The van der Waals surface area contributed by atoms with Crippen LogP contribution in [0.2, 0.25) is 0 Å². The number of aromatic carboxylic acids is 1. The summed E-state index contributed by atoms with van der Waals surface area (Å²) in [6.45, 7) is 4.07. The van der Waals surface area contributed by atoms with Crippen LogP contribution in [0.3, 0.4) is 0 Å². The molecule has 0 spiro atoms. The molecule has 4 heteroatoms. The van der Waals surface area contributed by atoms with Gasteiger partial charge in [0.2, 0.25) is 5.91 Å². The van der Waals surface area contributed by atoms with Crippen LogP contribution in [0.1, 0.15) is 47.7 Å². The molecule has 4 nitrogen and oxygen atoms in total. The van der Waals surface area contributed by atoms with Gasteiger partial charge in [-0.1, -0.05) is 55.5 Å². The van der Waals surface area contributed by atoms with Crippen LogP contribution >= 0.6 is 0 Å².